The molecule has 18 heavy (non-hydrogen) atoms. The average Bonchev–Trinajstić information content (AvgIpc) is 2.77. The number of nitrogen functional groups attached to an aromatic ring is 1. The molecule has 3 aromatic rings. The molecule has 2 N–H and O–H groups in total. The van der Waals surface area contributed by atoms with Gasteiger partial charge in [-0.3, -0.25) is 4.40 Å². The van der Waals surface area contributed by atoms with E-state index in [1.807, 2.05) is 53.1 Å². The molecule has 0 spiro atoms. The molecule has 2 aromatic heterocycles. The molecule has 90 valence electrons. The minimum atomic E-state index is 0.703. The van der Waals surface area contributed by atoms with E-state index in [-0.39, 0.29) is 0 Å². The van der Waals surface area contributed by atoms with Gasteiger partial charge < -0.3 is 5.73 Å². The predicted molar refractivity (Wildman–Crippen MR) is 73.9 cm³/mol. The first-order valence-corrected chi connectivity index (χ1v) is 6.07. The van der Waals surface area contributed by atoms with Crippen LogP contribution in [0, 0.1) is 0 Å². The fraction of sp³-hybridized carbons (Fsp3) is 0.0714. The molecule has 4 heteroatoms. The Morgan fingerprint density at radius 2 is 1.89 bits per heavy atom. The van der Waals surface area contributed by atoms with Crippen molar-refractivity contribution >= 4 is 22.9 Å². The van der Waals surface area contributed by atoms with E-state index >= 15 is 0 Å². The quantitative estimate of drug-likeness (QED) is 0.766. The molecular formula is C14H12ClN3. The Hall–Kier alpha value is -2.00. The number of halogens is 1. The fourth-order valence-electron chi connectivity index (χ4n) is 2.05. The van der Waals surface area contributed by atoms with Gasteiger partial charge in [0.05, 0.1) is 11.7 Å². The van der Waals surface area contributed by atoms with Crippen molar-refractivity contribution in [1.82, 2.24) is 9.38 Å². The third-order valence-corrected chi connectivity index (χ3v) is 3.18. The molecule has 2 heterocycles. The van der Waals surface area contributed by atoms with Gasteiger partial charge in [0.2, 0.25) is 0 Å². The first-order valence-electron chi connectivity index (χ1n) is 5.69. The molecule has 0 fully saturated rings. The van der Waals surface area contributed by atoms with E-state index in [4.69, 9.17) is 17.3 Å². The molecular weight excluding hydrogens is 246 g/mol. The molecule has 3 rings (SSSR count). The Balaban J connectivity index is 2.02. The summed E-state index contributed by atoms with van der Waals surface area (Å²) < 4.78 is 1.97. The van der Waals surface area contributed by atoms with Crippen LogP contribution in [-0.2, 0) is 6.42 Å². The molecule has 0 aliphatic rings. The second-order valence-corrected chi connectivity index (χ2v) is 4.63. The number of nitrogens with two attached hydrogens (primary N) is 1. The van der Waals surface area contributed by atoms with Crippen molar-refractivity contribution < 1.29 is 0 Å². The summed E-state index contributed by atoms with van der Waals surface area (Å²) in [6, 6.07) is 13.6. The molecule has 0 atom stereocenters. The highest BCUT2D eigenvalue weighted by Crippen LogP contribution is 2.17. The Morgan fingerprint density at radius 1 is 1.11 bits per heavy atom. The number of imidazole rings is 1. The lowest BCUT2D eigenvalue weighted by molar-refractivity contribution is 0.969. The first kappa shape index (κ1) is 11.1. The van der Waals surface area contributed by atoms with Crippen LogP contribution >= 0.6 is 11.6 Å². The highest BCUT2D eigenvalue weighted by atomic mass is 35.5. The zero-order valence-electron chi connectivity index (χ0n) is 9.68. The van der Waals surface area contributed by atoms with Gasteiger partial charge in [0.25, 0.3) is 0 Å². The maximum absolute atomic E-state index is 5.98. The number of rotatable bonds is 2. The summed E-state index contributed by atoms with van der Waals surface area (Å²) in [4.78, 5) is 4.42. The minimum Gasteiger partial charge on any atom is -0.385 e. The van der Waals surface area contributed by atoms with Crippen LogP contribution in [0.4, 0.5) is 5.82 Å². The molecule has 1 aromatic carbocycles. The van der Waals surface area contributed by atoms with Gasteiger partial charge in [0, 0.05) is 11.4 Å². The third kappa shape index (κ3) is 1.93. The molecule has 0 radical (unpaired) electrons. The van der Waals surface area contributed by atoms with E-state index in [1.165, 1.54) is 0 Å². The van der Waals surface area contributed by atoms with Gasteiger partial charge in [0.1, 0.15) is 11.6 Å². The topological polar surface area (TPSA) is 43.3 Å². The van der Waals surface area contributed by atoms with Crippen LogP contribution in [0.2, 0.25) is 5.02 Å². The summed E-state index contributed by atoms with van der Waals surface area (Å²) in [6.45, 7) is 0. The maximum atomic E-state index is 5.98. The second-order valence-electron chi connectivity index (χ2n) is 4.19. The smallest absolute Gasteiger partial charge is 0.119 e. The number of aromatic nitrogens is 2. The zero-order chi connectivity index (χ0) is 12.5. The van der Waals surface area contributed by atoms with Gasteiger partial charge in [-0.1, -0.05) is 29.8 Å². The van der Waals surface area contributed by atoms with E-state index in [1.54, 1.807) is 0 Å². The van der Waals surface area contributed by atoms with Crippen LogP contribution in [0.15, 0.2) is 48.7 Å². The monoisotopic (exact) mass is 257 g/mol. The van der Waals surface area contributed by atoms with Crippen LogP contribution in [0.3, 0.4) is 0 Å². The average molecular weight is 258 g/mol. The first-order chi connectivity index (χ1) is 8.74. The Labute approximate surface area is 110 Å². The minimum absolute atomic E-state index is 0.703. The number of pyridine rings is 1. The van der Waals surface area contributed by atoms with E-state index in [2.05, 4.69) is 4.98 Å². The Morgan fingerprint density at radius 3 is 2.67 bits per heavy atom. The fourth-order valence-corrected chi connectivity index (χ4v) is 2.18. The van der Waals surface area contributed by atoms with Crippen molar-refractivity contribution in [3.63, 3.8) is 0 Å². The summed E-state index contributed by atoms with van der Waals surface area (Å²) >= 11 is 5.87. The van der Waals surface area contributed by atoms with Gasteiger partial charge in [-0.15, -0.1) is 0 Å². The lowest BCUT2D eigenvalue weighted by Crippen LogP contribution is -2.01. The van der Waals surface area contributed by atoms with Crippen LogP contribution < -0.4 is 5.73 Å². The van der Waals surface area contributed by atoms with Crippen molar-refractivity contribution in [3.8, 4) is 0 Å². The molecule has 0 aliphatic heterocycles. The van der Waals surface area contributed by atoms with Gasteiger partial charge in [-0.25, -0.2) is 4.98 Å². The summed E-state index contributed by atoms with van der Waals surface area (Å²) in [5, 5.41) is 0.742. The molecule has 0 unspecified atom stereocenters. The lowest BCUT2D eigenvalue weighted by atomic mass is 10.1. The van der Waals surface area contributed by atoms with Crippen LogP contribution in [0.1, 0.15) is 11.4 Å². The van der Waals surface area contributed by atoms with E-state index in [0.29, 0.717) is 5.82 Å². The van der Waals surface area contributed by atoms with Gasteiger partial charge in [-0.05, 0) is 29.8 Å². The molecule has 0 amide bonds. The summed E-state index contributed by atoms with van der Waals surface area (Å²) in [7, 11) is 0. The zero-order valence-corrected chi connectivity index (χ0v) is 10.4. The number of benzene rings is 1. The Bertz CT molecular complexity index is 686. The highest BCUT2D eigenvalue weighted by Gasteiger charge is 2.06. The largest absolute Gasteiger partial charge is 0.385 e. The van der Waals surface area contributed by atoms with Crippen molar-refractivity contribution in [1.29, 1.82) is 0 Å². The normalized spacial score (nSPS) is 10.9. The van der Waals surface area contributed by atoms with Crippen LogP contribution in [-0.4, -0.2) is 9.38 Å². The van der Waals surface area contributed by atoms with Crippen molar-refractivity contribution in [2.24, 2.45) is 0 Å². The van der Waals surface area contributed by atoms with E-state index in [0.717, 1.165) is 28.3 Å². The molecule has 0 aliphatic carbocycles. The molecule has 0 saturated carbocycles. The summed E-state index contributed by atoms with van der Waals surface area (Å²) in [6.07, 6.45) is 2.57. The number of hydrogen-bond acceptors (Lipinski definition) is 2. The van der Waals surface area contributed by atoms with Crippen molar-refractivity contribution in [2.75, 3.05) is 5.73 Å². The van der Waals surface area contributed by atoms with E-state index < -0.39 is 0 Å². The summed E-state index contributed by atoms with van der Waals surface area (Å²) in [5.74, 6) is 1.64. The SMILES string of the molecule is Nc1cccc2cnc(Cc3ccc(Cl)cc3)n12. The van der Waals surface area contributed by atoms with Gasteiger partial charge >= 0.3 is 0 Å². The van der Waals surface area contributed by atoms with Crippen LogP contribution in [0.5, 0.6) is 0 Å². The van der Waals surface area contributed by atoms with Crippen molar-refractivity contribution in [2.45, 2.75) is 6.42 Å². The number of fused-ring (bicyclic) bond motifs is 1. The molecule has 0 bridgehead atoms. The van der Waals surface area contributed by atoms with Gasteiger partial charge in [-0.2, -0.15) is 0 Å². The molecule has 0 saturated heterocycles. The standard InChI is InChI=1S/C14H12ClN3/c15-11-6-4-10(5-7-11)8-14-17-9-12-2-1-3-13(16)18(12)14/h1-7,9H,8,16H2. The maximum Gasteiger partial charge on any atom is 0.119 e. The number of hydrogen-bond donors (Lipinski definition) is 1. The second kappa shape index (κ2) is 4.35. The Kier molecular flexibility index (Phi) is 2.68. The van der Waals surface area contributed by atoms with Gasteiger partial charge in [0.15, 0.2) is 0 Å². The third-order valence-electron chi connectivity index (χ3n) is 2.93. The number of anilines is 1. The number of nitrogens with zero attached hydrogens (tertiary/aromatic N) is 2. The lowest BCUT2D eigenvalue weighted by Gasteiger charge is -2.05. The highest BCUT2D eigenvalue weighted by molar-refractivity contribution is 6.30. The van der Waals surface area contributed by atoms with E-state index in [9.17, 15) is 0 Å². The predicted octanol–water partition coefficient (Wildman–Crippen LogP) is 3.16. The van der Waals surface area contributed by atoms with Crippen LogP contribution in [0.25, 0.3) is 5.52 Å². The van der Waals surface area contributed by atoms with Crippen molar-refractivity contribution in [3.05, 3.63) is 65.1 Å². The molecule has 3 nitrogen and oxygen atoms in total. The summed E-state index contributed by atoms with van der Waals surface area (Å²) in [5.41, 5.74) is 8.16.